The minimum absolute atomic E-state index is 0.00120. The quantitative estimate of drug-likeness (QED) is 0.707. The highest BCUT2D eigenvalue weighted by Gasteiger charge is 2.15. The first-order valence-corrected chi connectivity index (χ1v) is 8.55. The van der Waals surface area contributed by atoms with E-state index in [2.05, 4.69) is 31.3 Å². The Labute approximate surface area is 150 Å². The summed E-state index contributed by atoms with van der Waals surface area (Å²) in [5.74, 6) is -1.06. The summed E-state index contributed by atoms with van der Waals surface area (Å²) in [5, 5.41) is 7.53. The number of aromatic nitrogens is 3. The number of carbonyl (C=O) groups excluding carboxylic acids is 1. The van der Waals surface area contributed by atoms with Crippen LogP contribution in [-0.4, -0.2) is 20.7 Å². The molecule has 0 atom stereocenters. The normalized spacial score (nSPS) is 10.6. The highest BCUT2D eigenvalue weighted by Crippen LogP contribution is 2.32. The summed E-state index contributed by atoms with van der Waals surface area (Å²) in [7, 11) is 1.78. The zero-order valence-corrected chi connectivity index (χ0v) is 14.9. The van der Waals surface area contributed by atoms with E-state index in [1.54, 1.807) is 36.0 Å². The van der Waals surface area contributed by atoms with Gasteiger partial charge in [-0.15, -0.1) is 5.10 Å². The molecule has 0 fully saturated rings. The van der Waals surface area contributed by atoms with Crippen LogP contribution in [0.25, 0.3) is 0 Å². The van der Waals surface area contributed by atoms with Gasteiger partial charge in [-0.25, -0.2) is 9.07 Å². The van der Waals surface area contributed by atoms with Crippen molar-refractivity contribution in [1.29, 1.82) is 0 Å². The maximum atomic E-state index is 13.8. The smallest absolute Gasteiger partial charge is 0.258 e. The Morgan fingerprint density at radius 3 is 2.62 bits per heavy atom. The van der Waals surface area contributed by atoms with E-state index in [4.69, 9.17) is 0 Å². The van der Waals surface area contributed by atoms with Crippen LogP contribution >= 0.6 is 27.7 Å². The summed E-state index contributed by atoms with van der Waals surface area (Å²) < 4.78 is 15.9. The summed E-state index contributed by atoms with van der Waals surface area (Å²) in [6.07, 6.45) is 0. The maximum absolute atomic E-state index is 13.8. The highest BCUT2D eigenvalue weighted by molar-refractivity contribution is 9.10. The van der Waals surface area contributed by atoms with Crippen LogP contribution in [0, 0.1) is 5.82 Å². The van der Waals surface area contributed by atoms with Crippen molar-refractivity contribution >= 4 is 39.3 Å². The van der Waals surface area contributed by atoms with E-state index in [1.165, 1.54) is 23.9 Å². The first-order valence-electron chi connectivity index (χ1n) is 6.94. The fourth-order valence-electron chi connectivity index (χ4n) is 2.02. The van der Waals surface area contributed by atoms with E-state index in [-0.39, 0.29) is 5.56 Å². The second-order valence-corrected chi connectivity index (χ2v) is 6.54. The number of nitrogens with one attached hydrogen (secondary N) is 1. The van der Waals surface area contributed by atoms with Gasteiger partial charge in [0.1, 0.15) is 5.82 Å². The van der Waals surface area contributed by atoms with Gasteiger partial charge in [-0.3, -0.25) is 4.79 Å². The molecule has 0 aliphatic carbocycles. The number of halogens is 2. The third-order valence-electron chi connectivity index (χ3n) is 3.15. The lowest BCUT2D eigenvalue weighted by atomic mass is 10.2. The minimum Gasteiger partial charge on any atom is -0.321 e. The average molecular weight is 407 g/mol. The second kappa shape index (κ2) is 7.14. The Morgan fingerprint density at radius 1 is 1.21 bits per heavy atom. The molecule has 0 unspecified atom stereocenters. The van der Waals surface area contributed by atoms with Crippen LogP contribution in [0.5, 0.6) is 0 Å². The summed E-state index contributed by atoms with van der Waals surface area (Å²) in [6, 6.07) is 13.1. The van der Waals surface area contributed by atoms with E-state index < -0.39 is 11.7 Å². The molecule has 1 aromatic heterocycles. The molecule has 0 aliphatic rings. The van der Waals surface area contributed by atoms with Crippen LogP contribution in [-0.2, 0) is 7.05 Å². The molecule has 1 N–H and O–H groups in total. The zero-order chi connectivity index (χ0) is 17.1. The molecule has 0 saturated carbocycles. The van der Waals surface area contributed by atoms with Gasteiger partial charge in [-0.1, -0.05) is 24.3 Å². The Kier molecular flexibility index (Phi) is 4.96. The minimum atomic E-state index is -0.558. The van der Waals surface area contributed by atoms with Crippen LogP contribution in [0.15, 0.2) is 63.3 Å². The Morgan fingerprint density at radius 2 is 1.92 bits per heavy atom. The molecule has 1 heterocycles. The monoisotopic (exact) mass is 406 g/mol. The number of nitrogens with zero attached hydrogens (tertiary/aromatic N) is 3. The van der Waals surface area contributed by atoms with Crippen LogP contribution in [0.2, 0.25) is 0 Å². The van der Waals surface area contributed by atoms with Crippen LogP contribution in [0.4, 0.5) is 10.1 Å². The third-order valence-corrected chi connectivity index (χ3v) is 4.60. The topological polar surface area (TPSA) is 59.8 Å². The first kappa shape index (κ1) is 16.7. The maximum Gasteiger partial charge on any atom is 0.258 e. The Bertz CT molecular complexity index is 899. The predicted octanol–water partition coefficient (Wildman–Crippen LogP) is 4.12. The molecule has 0 saturated heterocycles. The van der Waals surface area contributed by atoms with Crippen molar-refractivity contribution in [3.63, 3.8) is 0 Å². The van der Waals surface area contributed by atoms with Gasteiger partial charge in [-0.2, -0.15) is 4.98 Å². The molecule has 3 aromatic rings. The largest absolute Gasteiger partial charge is 0.321 e. The number of hydrogen-bond donors (Lipinski definition) is 1. The fraction of sp³-hybridized carbons (Fsp3) is 0.0625. The van der Waals surface area contributed by atoms with Crippen LogP contribution in [0.1, 0.15) is 10.4 Å². The van der Waals surface area contributed by atoms with Gasteiger partial charge >= 0.3 is 0 Å². The summed E-state index contributed by atoms with van der Waals surface area (Å²) in [6.45, 7) is 0. The number of amides is 1. The molecule has 0 spiro atoms. The van der Waals surface area contributed by atoms with Crippen molar-refractivity contribution in [2.75, 3.05) is 5.32 Å². The molecule has 8 heteroatoms. The molecule has 5 nitrogen and oxygen atoms in total. The van der Waals surface area contributed by atoms with Crippen molar-refractivity contribution in [3.05, 3.63) is 64.6 Å². The van der Waals surface area contributed by atoms with E-state index >= 15 is 0 Å². The van der Waals surface area contributed by atoms with E-state index in [9.17, 15) is 9.18 Å². The van der Waals surface area contributed by atoms with Crippen LogP contribution < -0.4 is 5.32 Å². The van der Waals surface area contributed by atoms with Crippen molar-refractivity contribution < 1.29 is 9.18 Å². The molecule has 1 amide bonds. The number of anilines is 1. The second-order valence-electron chi connectivity index (χ2n) is 4.82. The van der Waals surface area contributed by atoms with Gasteiger partial charge in [-0.05, 0) is 52.0 Å². The number of hydrogen-bond acceptors (Lipinski definition) is 4. The number of para-hydroxylation sites is 1. The standard InChI is InChI=1S/C16H12BrFN4OS/c1-22-16(20-15(17)21-22)24-13-9-5-4-8-12(13)19-14(23)10-6-2-3-7-11(10)18/h2-9H,1H3,(H,19,23). The van der Waals surface area contributed by atoms with E-state index in [0.717, 1.165) is 4.90 Å². The van der Waals surface area contributed by atoms with E-state index in [0.29, 0.717) is 15.6 Å². The average Bonchev–Trinajstić information content (AvgIpc) is 2.87. The highest BCUT2D eigenvalue weighted by atomic mass is 79.9. The number of carbonyl (C=O) groups is 1. The van der Waals surface area contributed by atoms with Crippen molar-refractivity contribution in [2.45, 2.75) is 10.1 Å². The summed E-state index contributed by atoms with van der Waals surface area (Å²) >= 11 is 4.58. The lowest BCUT2D eigenvalue weighted by Crippen LogP contribution is -2.14. The first-order chi connectivity index (χ1) is 11.5. The molecule has 0 bridgehead atoms. The molecule has 122 valence electrons. The molecule has 0 radical (unpaired) electrons. The van der Waals surface area contributed by atoms with Crippen molar-refractivity contribution in [3.8, 4) is 0 Å². The van der Waals surface area contributed by atoms with Gasteiger partial charge in [0.2, 0.25) is 4.73 Å². The molecule has 0 aliphatic heterocycles. The number of rotatable bonds is 4. The molecule has 24 heavy (non-hydrogen) atoms. The van der Waals surface area contributed by atoms with Crippen LogP contribution in [0.3, 0.4) is 0 Å². The van der Waals surface area contributed by atoms with Crippen molar-refractivity contribution in [1.82, 2.24) is 14.8 Å². The lowest BCUT2D eigenvalue weighted by molar-refractivity contribution is 0.102. The lowest BCUT2D eigenvalue weighted by Gasteiger charge is -2.10. The van der Waals surface area contributed by atoms with Gasteiger partial charge in [0, 0.05) is 11.9 Å². The Balaban J connectivity index is 1.86. The fourth-order valence-corrected chi connectivity index (χ4v) is 3.42. The molecule has 3 rings (SSSR count). The zero-order valence-electron chi connectivity index (χ0n) is 12.5. The van der Waals surface area contributed by atoms with Gasteiger partial charge in [0.15, 0.2) is 5.16 Å². The Hall–Kier alpha value is -2.19. The predicted molar refractivity (Wildman–Crippen MR) is 93.6 cm³/mol. The van der Waals surface area contributed by atoms with E-state index in [1.807, 2.05) is 12.1 Å². The number of aryl methyl sites for hydroxylation is 1. The molecular formula is C16H12BrFN4OS. The van der Waals surface area contributed by atoms with Gasteiger partial charge in [0.05, 0.1) is 11.3 Å². The van der Waals surface area contributed by atoms with Crippen molar-refractivity contribution in [2.24, 2.45) is 7.05 Å². The third kappa shape index (κ3) is 3.65. The number of benzene rings is 2. The summed E-state index contributed by atoms with van der Waals surface area (Å²) in [4.78, 5) is 17.3. The summed E-state index contributed by atoms with van der Waals surface area (Å²) in [5.41, 5.74) is 0.577. The molecule has 2 aromatic carbocycles. The van der Waals surface area contributed by atoms with Gasteiger partial charge < -0.3 is 5.32 Å². The molecular weight excluding hydrogens is 395 g/mol. The van der Waals surface area contributed by atoms with Gasteiger partial charge in [0.25, 0.3) is 5.91 Å². The SMILES string of the molecule is Cn1nc(Br)nc1Sc1ccccc1NC(=O)c1ccccc1F.